The van der Waals surface area contributed by atoms with E-state index in [1.165, 1.54) is 19.2 Å². The molecule has 0 saturated heterocycles. The van der Waals surface area contributed by atoms with Crippen LogP contribution < -0.4 is 21.1 Å². The van der Waals surface area contributed by atoms with Crippen LogP contribution in [0.25, 0.3) is 10.9 Å². The lowest BCUT2D eigenvalue weighted by Gasteiger charge is -2.32. The summed E-state index contributed by atoms with van der Waals surface area (Å²) in [6.07, 6.45) is -2.26. The maximum absolute atomic E-state index is 13.6. The molecule has 0 aliphatic carbocycles. The first-order chi connectivity index (χ1) is 20.7. The normalized spacial score (nSPS) is 17.2. The van der Waals surface area contributed by atoms with Gasteiger partial charge < -0.3 is 25.5 Å². The van der Waals surface area contributed by atoms with Crippen LogP contribution in [0.5, 0.6) is 11.5 Å². The van der Waals surface area contributed by atoms with Crippen molar-refractivity contribution in [2.24, 2.45) is 5.73 Å². The van der Waals surface area contributed by atoms with Crippen molar-refractivity contribution in [1.82, 2.24) is 15.6 Å². The monoisotopic (exact) mass is 594 g/mol. The molecule has 5 rings (SSSR count). The molecule has 0 saturated carbocycles. The van der Waals surface area contributed by atoms with Crippen LogP contribution in [0.4, 0.5) is 13.2 Å². The molecule has 0 spiro atoms. The highest BCUT2D eigenvalue weighted by atomic mass is 19.4. The first-order valence-electron chi connectivity index (χ1n) is 14.1. The molecule has 1 aromatic heterocycles. The predicted octanol–water partition coefficient (Wildman–Crippen LogP) is 5.37. The summed E-state index contributed by atoms with van der Waals surface area (Å²) < 4.78 is 49.8. The standard InChI is InChI=1S/C32H33F3N4O4/c1-42-31(41)26(11-4-5-16-36)39-30(40)27-18-24-23-9-2-3-10-25(23)37-29(24)28(38-27)19-7-6-8-22(17-19)43-21-14-12-20(13-15-21)32(33,34)35/h2-3,6-10,12-15,17,26-28,37-38H,4-5,11,16,18,36H2,1H3,(H,39,40). The summed E-state index contributed by atoms with van der Waals surface area (Å²) in [5.74, 6) is -0.164. The molecular formula is C32H33F3N4O4. The van der Waals surface area contributed by atoms with E-state index in [1.807, 2.05) is 30.3 Å². The molecule has 3 aromatic carbocycles. The van der Waals surface area contributed by atoms with Crippen LogP contribution in [0.2, 0.25) is 0 Å². The number of hydrogen-bond donors (Lipinski definition) is 4. The van der Waals surface area contributed by atoms with Gasteiger partial charge in [-0.1, -0.05) is 30.3 Å². The van der Waals surface area contributed by atoms with Gasteiger partial charge in [0.05, 0.1) is 24.8 Å². The van der Waals surface area contributed by atoms with Crippen molar-refractivity contribution < 1.29 is 32.2 Å². The molecule has 43 heavy (non-hydrogen) atoms. The molecule has 3 atom stereocenters. The second-order valence-electron chi connectivity index (χ2n) is 10.5. The number of alkyl halides is 3. The zero-order valence-corrected chi connectivity index (χ0v) is 23.5. The second-order valence-corrected chi connectivity index (χ2v) is 10.5. The van der Waals surface area contributed by atoms with Gasteiger partial charge in [-0.05, 0) is 85.8 Å². The topological polar surface area (TPSA) is 118 Å². The Hall–Kier alpha value is -4.35. The number of benzene rings is 3. The molecular weight excluding hydrogens is 561 g/mol. The van der Waals surface area contributed by atoms with Crippen molar-refractivity contribution in [3.05, 3.63) is 95.2 Å². The van der Waals surface area contributed by atoms with Gasteiger partial charge in [0, 0.05) is 16.6 Å². The number of carbonyl (C=O) groups excluding carboxylic acids is 2. The van der Waals surface area contributed by atoms with Crippen LogP contribution in [-0.4, -0.2) is 42.6 Å². The smallest absolute Gasteiger partial charge is 0.416 e. The number of carbonyl (C=O) groups is 2. The summed E-state index contributed by atoms with van der Waals surface area (Å²) in [6.45, 7) is 0.485. The Balaban J connectivity index is 1.43. The Morgan fingerprint density at radius 1 is 1.02 bits per heavy atom. The molecule has 11 heteroatoms. The quantitative estimate of drug-likeness (QED) is 0.145. The summed E-state index contributed by atoms with van der Waals surface area (Å²) in [4.78, 5) is 29.5. The van der Waals surface area contributed by atoms with Crippen molar-refractivity contribution in [1.29, 1.82) is 0 Å². The molecule has 226 valence electrons. The largest absolute Gasteiger partial charge is 0.467 e. The summed E-state index contributed by atoms with van der Waals surface area (Å²) in [5, 5.41) is 7.29. The van der Waals surface area contributed by atoms with Crippen LogP contribution in [0.3, 0.4) is 0 Å². The minimum Gasteiger partial charge on any atom is -0.467 e. The van der Waals surface area contributed by atoms with Crippen molar-refractivity contribution in [2.75, 3.05) is 13.7 Å². The second kappa shape index (κ2) is 12.9. The minimum atomic E-state index is -4.44. The minimum absolute atomic E-state index is 0.258. The highest BCUT2D eigenvalue weighted by molar-refractivity contribution is 5.90. The summed E-state index contributed by atoms with van der Waals surface area (Å²) in [7, 11) is 1.29. The van der Waals surface area contributed by atoms with E-state index < -0.39 is 35.8 Å². The number of methoxy groups -OCH3 is 1. The van der Waals surface area contributed by atoms with Gasteiger partial charge in [-0.15, -0.1) is 0 Å². The number of halogens is 3. The SMILES string of the molecule is COC(=O)C(CCCCN)NC(=O)C1Cc2c([nH]c3ccccc23)C(c2cccc(Oc3ccc(C(F)(F)F)cc3)c2)N1. The number of ether oxygens (including phenoxy) is 2. The van der Waals surface area contributed by atoms with Crippen molar-refractivity contribution in [3.8, 4) is 11.5 Å². The van der Waals surface area contributed by atoms with E-state index >= 15 is 0 Å². The molecule has 0 radical (unpaired) electrons. The Morgan fingerprint density at radius 2 is 1.79 bits per heavy atom. The number of aromatic amines is 1. The van der Waals surface area contributed by atoms with Gasteiger partial charge >= 0.3 is 12.1 Å². The molecule has 1 aliphatic heterocycles. The van der Waals surface area contributed by atoms with Crippen LogP contribution in [0.15, 0.2) is 72.8 Å². The molecule has 8 nitrogen and oxygen atoms in total. The molecule has 0 bridgehead atoms. The Kier molecular flexibility index (Phi) is 9.02. The van der Waals surface area contributed by atoms with Crippen LogP contribution in [0, 0.1) is 0 Å². The number of esters is 1. The zero-order valence-electron chi connectivity index (χ0n) is 23.5. The number of rotatable bonds is 10. The molecule has 1 amide bonds. The fourth-order valence-corrected chi connectivity index (χ4v) is 5.43. The van der Waals surface area contributed by atoms with E-state index in [1.54, 1.807) is 18.2 Å². The molecule has 0 fully saturated rings. The number of unbranched alkanes of at least 4 members (excludes halogenated alkanes) is 1. The third-order valence-electron chi connectivity index (χ3n) is 7.59. The van der Waals surface area contributed by atoms with E-state index in [4.69, 9.17) is 15.2 Å². The van der Waals surface area contributed by atoms with Crippen molar-refractivity contribution in [3.63, 3.8) is 0 Å². The zero-order chi connectivity index (χ0) is 30.6. The average Bonchev–Trinajstić information content (AvgIpc) is 3.38. The van der Waals surface area contributed by atoms with Gasteiger partial charge in [0.25, 0.3) is 0 Å². The summed E-state index contributed by atoms with van der Waals surface area (Å²) in [5.41, 5.74) is 8.42. The van der Waals surface area contributed by atoms with Crippen LogP contribution in [-0.2, 0) is 26.9 Å². The number of nitrogens with two attached hydrogens (primary N) is 1. The van der Waals surface area contributed by atoms with E-state index in [2.05, 4.69) is 15.6 Å². The predicted molar refractivity (Wildman–Crippen MR) is 156 cm³/mol. The molecule has 3 unspecified atom stereocenters. The molecule has 2 heterocycles. The number of aromatic nitrogens is 1. The maximum Gasteiger partial charge on any atom is 0.416 e. The Labute approximate surface area is 246 Å². The molecule has 4 aromatic rings. The number of nitrogens with one attached hydrogen (secondary N) is 3. The molecule has 5 N–H and O–H groups in total. The van der Waals surface area contributed by atoms with Crippen molar-refractivity contribution >= 4 is 22.8 Å². The van der Waals surface area contributed by atoms with Crippen LogP contribution >= 0.6 is 0 Å². The lowest BCUT2D eigenvalue weighted by atomic mass is 9.89. The van der Waals surface area contributed by atoms with Gasteiger partial charge in [-0.25, -0.2) is 4.79 Å². The average molecular weight is 595 g/mol. The fourth-order valence-electron chi connectivity index (χ4n) is 5.43. The summed E-state index contributed by atoms with van der Waals surface area (Å²) >= 11 is 0. The third kappa shape index (κ3) is 6.84. The van der Waals surface area contributed by atoms with E-state index in [-0.39, 0.29) is 11.7 Å². The highest BCUT2D eigenvalue weighted by Crippen LogP contribution is 2.37. The Morgan fingerprint density at radius 3 is 2.51 bits per heavy atom. The lowest BCUT2D eigenvalue weighted by molar-refractivity contribution is -0.145. The van der Waals surface area contributed by atoms with Gasteiger partial charge in [0.2, 0.25) is 5.91 Å². The number of hydrogen-bond acceptors (Lipinski definition) is 6. The maximum atomic E-state index is 13.6. The van der Waals surface area contributed by atoms with Gasteiger partial charge in [-0.3, -0.25) is 10.1 Å². The number of para-hydroxylation sites is 1. The third-order valence-corrected chi connectivity index (χ3v) is 7.59. The van der Waals surface area contributed by atoms with Crippen LogP contribution in [0.1, 0.15) is 47.7 Å². The van der Waals surface area contributed by atoms with Crippen molar-refractivity contribution in [2.45, 2.75) is 50.0 Å². The number of H-pyrrole nitrogens is 1. The first-order valence-corrected chi connectivity index (χ1v) is 14.1. The van der Waals surface area contributed by atoms with E-state index in [9.17, 15) is 22.8 Å². The van der Waals surface area contributed by atoms with Gasteiger partial charge in [-0.2, -0.15) is 13.2 Å². The van der Waals surface area contributed by atoms with E-state index in [0.29, 0.717) is 31.6 Å². The van der Waals surface area contributed by atoms with Gasteiger partial charge in [0.1, 0.15) is 17.5 Å². The fraction of sp³-hybridized carbons (Fsp3) is 0.312. The lowest BCUT2D eigenvalue weighted by Crippen LogP contribution is -2.53. The summed E-state index contributed by atoms with van der Waals surface area (Å²) in [6, 6.07) is 17.6. The first kappa shape index (κ1) is 30.1. The molecule has 1 aliphatic rings. The van der Waals surface area contributed by atoms with E-state index in [0.717, 1.165) is 46.3 Å². The number of amides is 1. The Bertz CT molecular complexity index is 1590. The van der Waals surface area contributed by atoms with Gasteiger partial charge in [0.15, 0.2) is 0 Å². The highest BCUT2D eigenvalue weighted by Gasteiger charge is 2.36. The number of fused-ring (bicyclic) bond motifs is 3.